The van der Waals surface area contributed by atoms with Crippen molar-refractivity contribution < 1.29 is 9.47 Å². The van der Waals surface area contributed by atoms with Crippen molar-refractivity contribution in [3.63, 3.8) is 0 Å². The first-order valence-electron chi connectivity index (χ1n) is 10.6. The highest BCUT2D eigenvalue weighted by atomic mass is 16.7. The average molecular weight is 387 g/mol. The standard InChI is InChI=1S/C24H25N3O2/c1-2-6-20(7-3-1)27-15-19(14-26-13-17-5-4-8-21(26)11-17)24(25-27)18-9-10-22-23(12-18)29-16-28-22/h1-3,6-7,9-10,12,15,17,21H,4-5,8,11,13-14,16H2/t17-,21+/m0/s1. The van der Waals surface area contributed by atoms with E-state index in [1.807, 2.05) is 16.8 Å². The molecule has 1 saturated heterocycles. The summed E-state index contributed by atoms with van der Waals surface area (Å²) in [5, 5.41) is 5.00. The molecule has 0 N–H and O–H groups in total. The number of benzene rings is 2. The normalized spacial score (nSPS) is 22.9. The largest absolute Gasteiger partial charge is 0.454 e. The second kappa shape index (κ2) is 6.92. The van der Waals surface area contributed by atoms with Crippen molar-refractivity contribution in [2.75, 3.05) is 13.3 Å². The molecule has 5 heteroatoms. The van der Waals surface area contributed by atoms with Crippen LogP contribution in [0.5, 0.6) is 11.5 Å². The summed E-state index contributed by atoms with van der Waals surface area (Å²) in [5.41, 5.74) is 4.48. The summed E-state index contributed by atoms with van der Waals surface area (Å²) in [4.78, 5) is 2.68. The lowest BCUT2D eigenvalue weighted by atomic mass is 9.90. The van der Waals surface area contributed by atoms with Gasteiger partial charge >= 0.3 is 0 Å². The number of hydrogen-bond donors (Lipinski definition) is 0. The highest BCUT2D eigenvalue weighted by Crippen LogP contribution is 2.39. The molecule has 1 saturated carbocycles. The van der Waals surface area contributed by atoms with Crippen LogP contribution in [0, 0.1) is 5.92 Å². The minimum absolute atomic E-state index is 0.293. The first kappa shape index (κ1) is 17.1. The monoisotopic (exact) mass is 387 g/mol. The molecule has 1 aromatic heterocycles. The Morgan fingerprint density at radius 2 is 1.90 bits per heavy atom. The topological polar surface area (TPSA) is 39.5 Å². The molecule has 3 heterocycles. The summed E-state index contributed by atoms with van der Waals surface area (Å²) in [6.07, 6.45) is 7.68. The maximum Gasteiger partial charge on any atom is 0.231 e. The van der Waals surface area contributed by atoms with E-state index in [1.165, 1.54) is 37.8 Å². The first-order chi connectivity index (χ1) is 14.3. The van der Waals surface area contributed by atoms with Crippen LogP contribution in [0.1, 0.15) is 31.2 Å². The summed E-state index contributed by atoms with van der Waals surface area (Å²) >= 11 is 0. The van der Waals surface area contributed by atoms with E-state index in [9.17, 15) is 0 Å². The van der Waals surface area contributed by atoms with Crippen LogP contribution in [0.2, 0.25) is 0 Å². The fraction of sp³-hybridized carbons (Fsp3) is 0.375. The molecule has 0 amide bonds. The third-order valence-electron chi connectivity index (χ3n) is 6.59. The van der Waals surface area contributed by atoms with Crippen LogP contribution in [0.25, 0.3) is 16.9 Å². The third kappa shape index (κ3) is 3.10. The fourth-order valence-corrected chi connectivity index (χ4v) is 5.18. The number of fused-ring (bicyclic) bond motifs is 3. The second-order valence-electron chi connectivity index (χ2n) is 8.47. The Labute approximate surface area is 170 Å². The predicted octanol–water partition coefficient (Wildman–Crippen LogP) is 4.64. The van der Waals surface area contributed by atoms with Crippen molar-refractivity contribution in [1.82, 2.24) is 14.7 Å². The van der Waals surface area contributed by atoms with Crippen molar-refractivity contribution in [1.29, 1.82) is 0 Å². The lowest BCUT2D eigenvalue weighted by molar-refractivity contribution is 0.174. The summed E-state index contributed by atoms with van der Waals surface area (Å²) in [6, 6.07) is 17.2. The molecular formula is C24H25N3O2. The van der Waals surface area contributed by atoms with Crippen molar-refractivity contribution in [3.05, 3.63) is 60.3 Å². The summed E-state index contributed by atoms with van der Waals surface area (Å²) in [5.74, 6) is 2.50. The maximum absolute atomic E-state index is 5.61. The molecule has 0 spiro atoms. The average Bonchev–Trinajstić information content (AvgIpc) is 3.46. The Hall–Kier alpha value is -2.79. The lowest BCUT2D eigenvalue weighted by Gasteiger charge is -2.24. The fourth-order valence-electron chi connectivity index (χ4n) is 5.18. The van der Waals surface area contributed by atoms with Crippen molar-refractivity contribution in [3.8, 4) is 28.4 Å². The van der Waals surface area contributed by atoms with Gasteiger partial charge in [-0.25, -0.2) is 4.68 Å². The van der Waals surface area contributed by atoms with E-state index < -0.39 is 0 Å². The SMILES string of the molecule is c1ccc(-n2cc(CN3C[C@H]4CCC[C@@H]3C4)c(-c3ccc4c(c3)OCO4)n2)cc1. The highest BCUT2D eigenvalue weighted by molar-refractivity contribution is 5.67. The van der Waals surface area contributed by atoms with Gasteiger partial charge in [-0.15, -0.1) is 0 Å². The van der Waals surface area contributed by atoms with E-state index in [2.05, 4.69) is 47.5 Å². The van der Waals surface area contributed by atoms with Gasteiger partial charge in [0.1, 0.15) is 0 Å². The quantitative estimate of drug-likeness (QED) is 0.654. The Kier molecular flexibility index (Phi) is 4.08. The molecule has 6 rings (SSSR count). The lowest BCUT2D eigenvalue weighted by Crippen LogP contribution is -2.28. The van der Waals surface area contributed by atoms with Gasteiger partial charge in [-0.2, -0.15) is 5.10 Å². The van der Waals surface area contributed by atoms with E-state index in [4.69, 9.17) is 14.6 Å². The number of likely N-dealkylation sites (tertiary alicyclic amines) is 1. The van der Waals surface area contributed by atoms with Crippen molar-refractivity contribution in [2.24, 2.45) is 5.92 Å². The van der Waals surface area contributed by atoms with Crippen molar-refractivity contribution >= 4 is 0 Å². The van der Waals surface area contributed by atoms with Gasteiger partial charge in [-0.1, -0.05) is 24.6 Å². The molecule has 2 bridgehead atoms. The molecule has 0 unspecified atom stereocenters. The Balaban J connectivity index is 1.39. The molecule has 29 heavy (non-hydrogen) atoms. The minimum Gasteiger partial charge on any atom is -0.454 e. The number of rotatable bonds is 4. The maximum atomic E-state index is 5.61. The zero-order valence-electron chi connectivity index (χ0n) is 16.5. The molecule has 148 valence electrons. The zero-order chi connectivity index (χ0) is 19.2. The molecule has 2 aromatic carbocycles. The molecule has 1 aliphatic carbocycles. The molecule has 2 fully saturated rings. The molecule has 0 radical (unpaired) electrons. The summed E-state index contributed by atoms with van der Waals surface area (Å²) in [7, 11) is 0. The minimum atomic E-state index is 0.293. The van der Waals surface area contributed by atoms with Gasteiger partial charge in [0.15, 0.2) is 11.5 Å². The van der Waals surface area contributed by atoms with Gasteiger partial charge < -0.3 is 9.47 Å². The zero-order valence-corrected chi connectivity index (χ0v) is 16.5. The van der Waals surface area contributed by atoms with Gasteiger partial charge in [-0.05, 0) is 55.5 Å². The first-order valence-corrected chi connectivity index (χ1v) is 10.6. The van der Waals surface area contributed by atoms with Crippen LogP contribution >= 0.6 is 0 Å². The Bertz CT molecular complexity index is 1030. The van der Waals surface area contributed by atoms with Crippen LogP contribution in [0.3, 0.4) is 0 Å². The Morgan fingerprint density at radius 3 is 2.79 bits per heavy atom. The van der Waals surface area contributed by atoms with E-state index in [1.54, 1.807) is 0 Å². The van der Waals surface area contributed by atoms with Gasteiger partial charge in [0.05, 0.1) is 11.4 Å². The van der Waals surface area contributed by atoms with Gasteiger partial charge in [0, 0.05) is 36.5 Å². The molecule has 2 aliphatic heterocycles. The van der Waals surface area contributed by atoms with E-state index >= 15 is 0 Å². The van der Waals surface area contributed by atoms with Gasteiger partial charge in [-0.3, -0.25) is 4.90 Å². The molecule has 5 nitrogen and oxygen atoms in total. The molecule has 3 aliphatic rings. The van der Waals surface area contributed by atoms with E-state index in [-0.39, 0.29) is 0 Å². The van der Waals surface area contributed by atoms with Gasteiger partial charge in [0.25, 0.3) is 0 Å². The molecule has 3 aromatic rings. The van der Waals surface area contributed by atoms with Crippen LogP contribution < -0.4 is 9.47 Å². The molecule has 2 atom stereocenters. The van der Waals surface area contributed by atoms with E-state index in [0.29, 0.717) is 6.79 Å². The number of hydrogen-bond acceptors (Lipinski definition) is 4. The van der Waals surface area contributed by atoms with Crippen molar-refractivity contribution in [2.45, 2.75) is 38.3 Å². The smallest absolute Gasteiger partial charge is 0.231 e. The third-order valence-corrected chi connectivity index (χ3v) is 6.59. The molecular weight excluding hydrogens is 362 g/mol. The van der Waals surface area contributed by atoms with Crippen LogP contribution in [0.15, 0.2) is 54.7 Å². The number of ether oxygens (including phenoxy) is 2. The highest BCUT2D eigenvalue weighted by Gasteiger charge is 2.35. The summed E-state index contributed by atoms with van der Waals surface area (Å²) < 4.78 is 13.1. The van der Waals surface area contributed by atoms with Crippen LogP contribution in [0.4, 0.5) is 0 Å². The van der Waals surface area contributed by atoms with Gasteiger partial charge in [0.2, 0.25) is 6.79 Å². The number of para-hydroxylation sites is 1. The van der Waals surface area contributed by atoms with Crippen LogP contribution in [-0.4, -0.2) is 34.1 Å². The Morgan fingerprint density at radius 1 is 1.00 bits per heavy atom. The predicted molar refractivity (Wildman–Crippen MR) is 111 cm³/mol. The summed E-state index contributed by atoms with van der Waals surface area (Å²) in [6.45, 7) is 2.47. The number of nitrogens with zero attached hydrogens (tertiary/aromatic N) is 3. The second-order valence-corrected chi connectivity index (χ2v) is 8.47. The number of aromatic nitrogens is 2. The van der Waals surface area contributed by atoms with Crippen LogP contribution in [-0.2, 0) is 6.54 Å². The van der Waals surface area contributed by atoms with E-state index in [0.717, 1.165) is 46.9 Å².